The van der Waals surface area contributed by atoms with E-state index in [1.165, 1.54) is 0 Å². The molecule has 4 rings (SSSR count). The van der Waals surface area contributed by atoms with E-state index < -0.39 is 0 Å². The highest BCUT2D eigenvalue weighted by Crippen LogP contribution is 2.32. The number of hydrogen-bond donors (Lipinski definition) is 1. The van der Waals surface area contributed by atoms with Crippen molar-refractivity contribution in [3.05, 3.63) is 79.4 Å². The second-order valence-corrected chi connectivity index (χ2v) is 6.52. The first-order chi connectivity index (χ1) is 14.3. The van der Waals surface area contributed by atoms with Crippen LogP contribution in [0.3, 0.4) is 0 Å². The maximum absolute atomic E-state index is 4.74. The number of imidazole rings is 1. The first-order valence-corrected chi connectivity index (χ1v) is 9.73. The Labute approximate surface area is 170 Å². The third-order valence-electron chi connectivity index (χ3n) is 4.39. The summed E-state index contributed by atoms with van der Waals surface area (Å²) in [7, 11) is 0. The minimum absolute atomic E-state index is 0.517. The molecule has 1 N–H and O–H groups in total. The summed E-state index contributed by atoms with van der Waals surface area (Å²) in [6.07, 6.45) is 7.36. The van der Waals surface area contributed by atoms with Crippen LogP contribution in [0.5, 0.6) is 0 Å². The van der Waals surface area contributed by atoms with E-state index in [4.69, 9.17) is 9.97 Å². The number of benzene rings is 2. The lowest BCUT2D eigenvalue weighted by atomic mass is 10.2. The van der Waals surface area contributed by atoms with Gasteiger partial charge in [0.25, 0.3) is 0 Å². The first kappa shape index (κ1) is 18.6. The van der Waals surface area contributed by atoms with Gasteiger partial charge in [0.05, 0.1) is 0 Å². The number of aromatic nitrogens is 5. The Morgan fingerprint density at radius 1 is 0.897 bits per heavy atom. The standard InChI is InChI=1S/C22H23N7/c1-2-3-14-24-20-25-21(28-16-15-23-17-28)27-22(26-20)29(18-10-6-4-7-11-18)19-12-8-5-9-13-19/h4-13,15-17H,2-3,14H2,1H3,(H,24,25,26,27). The number of hydrogen-bond acceptors (Lipinski definition) is 6. The van der Waals surface area contributed by atoms with Gasteiger partial charge < -0.3 is 5.32 Å². The van der Waals surface area contributed by atoms with Crippen molar-refractivity contribution >= 4 is 23.3 Å². The fourth-order valence-corrected chi connectivity index (χ4v) is 2.94. The topological polar surface area (TPSA) is 71.8 Å². The van der Waals surface area contributed by atoms with Gasteiger partial charge in [0.1, 0.15) is 6.33 Å². The van der Waals surface area contributed by atoms with Gasteiger partial charge in [-0.05, 0) is 30.7 Å². The molecule has 0 aliphatic rings. The number of nitrogens with one attached hydrogen (secondary N) is 1. The van der Waals surface area contributed by atoms with Crippen LogP contribution >= 0.6 is 0 Å². The molecule has 0 aliphatic heterocycles. The van der Waals surface area contributed by atoms with Crippen LogP contribution in [0.1, 0.15) is 19.8 Å². The Hall–Kier alpha value is -3.74. The molecule has 0 spiro atoms. The molecular formula is C22H23N7. The van der Waals surface area contributed by atoms with E-state index in [0.717, 1.165) is 30.8 Å². The highest BCUT2D eigenvalue weighted by atomic mass is 15.3. The number of anilines is 4. The molecule has 0 atom stereocenters. The molecule has 0 fully saturated rings. The largest absolute Gasteiger partial charge is 0.354 e. The van der Waals surface area contributed by atoms with E-state index in [1.54, 1.807) is 17.1 Å². The third-order valence-corrected chi connectivity index (χ3v) is 4.39. The van der Waals surface area contributed by atoms with Gasteiger partial charge in [0.15, 0.2) is 0 Å². The van der Waals surface area contributed by atoms with E-state index >= 15 is 0 Å². The van der Waals surface area contributed by atoms with Gasteiger partial charge in [0.2, 0.25) is 17.8 Å². The molecule has 7 nitrogen and oxygen atoms in total. The van der Waals surface area contributed by atoms with Crippen LogP contribution in [0.4, 0.5) is 23.3 Å². The molecule has 2 aromatic heterocycles. The summed E-state index contributed by atoms with van der Waals surface area (Å²) in [4.78, 5) is 20.2. The van der Waals surface area contributed by atoms with Crippen LogP contribution in [-0.4, -0.2) is 31.0 Å². The zero-order valence-electron chi connectivity index (χ0n) is 16.3. The Morgan fingerprint density at radius 2 is 1.59 bits per heavy atom. The fraction of sp³-hybridized carbons (Fsp3) is 0.182. The van der Waals surface area contributed by atoms with E-state index in [1.807, 2.05) is 71.8 Å². The van der Waals surface area contributed by atoms with E-state index in [2.05, 4.69) is 22.2 Å². The van der Waals surface area contributed by atoms with Gasteiger partial charge in [-0.15, -0.1) is 0 Å². The van der Waals surface area contributed by atoms with Crippen LogP contribution in [0.15, 0.2) is 79.4 Å². The zero-order valence-corrected chi connectivity index (χ0v) is 16.3. The van der Waals surface area contributed by atoms with Crippen molar-refractivity contribution in [2.75, 3.05) is 16.8 Å². The van der Waals surface area contributed by atoms with Crippen LogP contribution in [0.2, 0.25) is 0 Å². The van der Waals surface area contributed by atoms with Crippen molar-refractivity contribution in [1.29, 1.82) is 0 Å². The molecule has 0 saturated carbocycles. The second-order valence-electron chi connectivity index (χ2n) is 6.52. The number of nitrogens with zero attached hydrogens (tertiary/aromatic N) is 6. The van der Waals surface area contributed by atoms with Crippen molar-refractivity contribution in [3.8, 4) is 5.95 Å². The highest BCUT2D eigenvalue weighted by Gasteiger charge is 2.18. The quantitative estimate of drug-likeness (QED) is 0.442. The smallest absolute Gasteiger partial charge is 0.241 e. The molecule has 0 saturated heterocycles. The van der Waals surface area contributed by atoms with Gasteiger partial charge >= 0.3 is 0 Å². The molecule has 7 heteroatoms. The first-order valence-electron chi connectivity index (χ1n) is 9.73. The van der Waals surface area contributed by atoms with Gasteiger partial charge in [-0.3, -0.25) is 9.47 Å². The average Bonchev–Trinajstić information content (AvgIpc) is 3.31. The Balaban J connectivity index is 1.82. The SMILES string of the molecule is CCCCNc1nc(N(c2ccccc2)c2ccccc2)nc(-n2ccnc2)n1. The molecule has 0 radical (unpaired) electrons. The summed E-state index contributed by atoms with van der Waals surface area (Å²) in [5.41, 5.74) is 1.95. The van der Waals surface area contributed by atoms with Crippen LogP contribution in [-0.2, 0) is 0 Å². The zero-order chi connectivity index (χ0) is 19.9. The molecular weight excluding hydrogens is 362 g/mol. The summed E-state index contributed by atoms with van der Waals surface area (Å²) >= 11 is 0. The van der Waals surface area contributed by atoms with Crippen LogP contribution in [0.25, 0.3) is 5.95 Å². The predicted octanol–water partition coefficient (Wildman–Crippen LogP) is 4.74. The molecule has 0 aliphatic carbocycles. The predicted molar refractivity (Wildman–Crippen MR) is 115 cm³/mol. The van der Waals surface area contributed by atoms with Gasteiger partial charge in [-0.25, -0.2) is 4.98 Å². The molecule has 2 heterocycles. The molecule has 29 heavy (non-hydrogen) atoms. The van der Waals surface area contributed by atoms with E-state index in [0.29, 0.717) is 17.8 Å². The summed E-state index contributed by atoms with van der Waals surface area (Å²) in [6, 6.07) is 20.2. The molecule has 0 bridgehead atoms. The van der Waals surface area contributed by atoms with Crippen molar-refractivity contribution < 1.29 is 0 Å². The Kier molecular flexibility index (Phi) is 5.76. The third kappa shape index (κ3) is 4.40. The minimum Gasteiger partial charge on any atom is -0.354 e. The van der Waals surface area contributed by atoms with Crippen molar-refractivity contribution in [2.45, 2.75) is 19.8 Å². The van der Waals surface area contributed by atoms with Crippen molar-refractivity contribution in [2.24, 2.45) is 0 Å². The lowest BCUT2D eigenvalue weighted by Gasteiger charge is -2.23. The van der Waals surface area contributed by atoms with Crippen LogP contribution in [0, 0.1) is 0 Å². The maximum Gasteiger partial charge on any atom is 0.241 e. The fourth-order valence-electron chi connectivity index (χ4n) is 2.94. The van der Waals surface area contributed by atoms with E-state index in [9.17, 15) is 0 Å². The molecule has 0 amide bonds. The molecule has 4 aromatic rings. The Morgan fingerprint density at radius 3 is 2.17 bits per heavy atom. The normalized spacial score (nSPS) is 10.7. The minimum atomic E-state index is 0.517. The number of para-hydroxylation sites is 2. The molecule has 146 valence electrons. The lowest BCUT2D eigenvalue weighted by Crippen LogP contribution is -2.17. The second kappa shape index (κ2) is 8.97. The van der Waals surface area contributed by atoms with Crippen LogP contribution < -0.4 is 10.2 Å². The summed E-state index contributed by atoms with van der Waals surface area (Å²) in [5, 5.41) is 3.32. The van der Waals surface area contributed by atoms with Crippen molar-refractivity contribution in [1.82, 2.24) is 24.5 Å². The Bertz CT molecular complexity index is 978. The number of unbranched alkanes of at least 4 members (excludes halogenated alkanes) is 1. The number of rotatable bonds is 8. The molecule has 2 aromatic carbocycles. The summed E-state index contributed by atoms with van der Waals surface area (Å²) < 4.78 is 1.78. The average molecular weight is 385 g/mol. The van der Waals surface area contributed by atoms with Gasteiger partial charge in [-0.2, -0.15) is 15.0 Å². The summed E-state index contributed by atoms with van der Waals surface area (Å²) in [5.74, 6) is 1.60. The van der Waals surface area contributed by atoms with Gasteiger partial charge in [0, 0.05) is 30.3 Å². The molecule has 0 unspecified atom stereocenters. The van der Waals surface area contributed by atoms with Crippen molar-refractivity contribution in [3.63, 3.8) is 0 Å². The highest BCUT2D eigenvalue weighted by molar-refractivity contribution is 5.72. The summed E-state index contributed by atoms with van der Waals surface area (Å²) in [6.45, 7) is 2.96. The maximum atomic E-state index is 4.74. The lowest BCUT2D eigenvalue weighted by molar-refractivity contribution is 0.816. The monoisotopic (exact) mass is 385 g/mol. The van der Waals surface area contributed by atoms with E-state index in [-0.39, 0.29) is 0 Å². The van der Waals surface area contributed by atoms with Gasteiger partial charge in [-0.1, -0.05) is 49.7 Å².